The molecule has 0 aliphatic carbocycles. The van der Waals surface area contributed by atoms with E-state index in [9.17, 15) is 0 Å². The van der Waals surface area contributed by atoms with Crippen LogP contribution in [0.5, 0.6) is 0 Å². The molecule has 0 bridgehead atoms. The molecule has 4 rings (SSSR count). The number of hydrogen-bond donors (Lipinski definition) is 1. The van der Waals surface area contributed by atoms with Gasteiger partial charge in [0.15, 0.2) is 0 Å². The minimum absolute atomic E-state index is 0.287. The third-order valence-electron chi connectivity index (χ3n) is 6.27. The quantitative estimate of drug-likeness (QED) is 0.645. The molecule has 2 aromatic carbocycles. The normalized spacial score (nSPS) is 20.2. The van der Waals surface area contributed by atoms with Gasteiger partial charge in [0, 0.05) is 22.0 Å². The maximum atomic E-state index is 6.24. The number of nitrogens with two attached hydrogens (primary N) is 1. The molecule has 2 aliphatic heterocycles. The second-order valence-corrected chi connectivity index (χ2v) is 8.88. The lowest BCUT2D eigenvalue weighted by atomic mass is 9.81. The molecule has 1 unspecified atom stereocenters. The van der Waals surface area contributed by atoms with Gasteiger partial charge >= 0.3 is 0 Å². The fraction of sp³-hybridized carbons (Fsp3) is 0.417. The number of ether oxygens (including phenoxy) is 2. The molecule has 0 amide bonds. The Bertz CT molecular complexity index is 836. The third-order valence-corrected chi connectivity index (χ3v) is 6.80. The summed E-state index contributed by atoms with van der Waals surface area (Å²) in [6.45, 7) is 5.10. The second kappa shape index (κ2) is 8.90. The number of benzene rings is 2. The number of hydrogen-bond acceptors (Lipinski definition) is 4. The number of piperidine rings is 1. The van der Waals surface area contributed by atoms with Crippen molar-refractivity contribution >= 4 is 15.9 Å². The zero-order valence-electron chi connectivity index (χ0n) is 16.9. The molecule has 29 heavy (non-hydrogen) atoms. The largest absolute Gasteiger partial charge is 0.452 e. The van der Waals surface area contributed by atoms with Crippen LogP contribution in [0.25, 0.3) is 11.1 Å². The Kier molecular flexibility index (Phi) is 6.28. The summed E-state index contributed by atoms with van der Waals surface area (Å²) in [6.07, 6.45) is 6.50. The molecule has 2 N–H and O–H groups in total. The molecule has 154 valence electrons. The van der Waals surface area contributed by atoms with Crippen molar-refractivity contribution in [2.45, 2.75) is 38.0 Å². The zero-order chi connectivity index (χ0) is 20.3. The summed E-state index contributed by atoms with van der Waals surface area (Å²) in [7, 11) is 0. The molecule has 0 saturated carbocycles. The van der Waals surface area contributed by atoms with Gasteiger partial charge in [-0.1, -0.05) is 52.3 Å². The van der Waals surface area contributed by atoms with E-state index in [1.807, 2.05) is 0 Å². The van der Waals surface area contributed by atoms with Gasteiger partial charge in [-0.25, -0.2) is 0 Å². The average Bonchev–Trinajstić information content (AvgIpc) is 3.26. The van der Waals surface area contributed by atoms with Crippen LogP contribution in [-0.4, -0.2) is 30.6 Å². The zero-order valence-corrected chi connectivity index (χ0v) is 18.5. The van der Waals surface area contributed by atoms with E-state index in [0.29, 0.717) is 6.04 Å². The highest BCUT2D eigenvalue weighted by atomic mass is 79.9. The van der Waals surface area contributed by atoms with Crippen LogP contribution in [0.2, 0.25) is 0 Å². The number of likely N-dealkylation sites (tertiary alicyclic amines) is 1. The van der Waals surface area contributed by atoms with Gasteiger partial charge in [-0.3, -0.25) is 0 Å². The van der Waals surface area contributed by atoms with Gasteiger partial charge < -0.3 is 20.1 Å². The van der Waals surface area contributed by atoms with Gasteiger partial charge in [-0.2, -0.15) is 0 Å². The molecule has 1 saturated heterocycles. The van der Waals surface area contributed by atoms with E-state index in [1.165, 1.54) is 0 Å². The first-order valence-electron chi connectivity index (χ1n) is 10.4. The minimum atomic E-state index is -0.757. The average molecular weight is 457 g/mol. The molecular weight excluding hydrogens is 428 g/mol. The van der Waals surface area contributed by atoms with Crippen LogP contribution in [0.4, 0.5) is 0 Å². The monoisotopic (exact) mass is 456 g/mol. The molecule has 1 atom stereocenters. The molecule has 1 fully saturated rings. The summed E-state index contributed by atoms with van der Waals surface area (Å²) in [6, 6.07) is 17.4. The van der Waals surface area contributed by atoms with Crippen LogP contribution in [0.15, 0.2) is 65.5 Å². The maximum absolute atomic E-state index is 6.24. The van der Waals surface area contributed by atoms with Crippen molar-refractivity contribution in [3.8, 4) is 11.1 Å². The Morgan fingerprint density at radius 3 is 2.38 bits per heavy atom. The van der Waals surface area contributed by atoms with Crippen molar-refractivity contribution in [3.63, 3.8) is 0 Å². The summed E-state index contributed by atoms with van der Waals surface area (Å²) in [5.41, 5.74) is 9.18. The van der Waals surface area contributed by atoms with Crippen molar-refractivity contribution < 1.29 is 9.47 Å². The Labute approximate surface area is 181 Å². The van der Waals surface area contributed by atoms with Gasteiger partial charge in [0.05, 0.1) is 0 Å². The van der Waals surface area contributed by atoms with Crippen molar-refractivity contribution in [3.05, 3.63) is 71.1 Å². The van der Waals surface area contributed by atoms with Crippen LogP contribution in [-0.2, 0) is 15.3 Å². The molecule has 5 heteroatoms. The van der Waals surface area contributed by atoms with Gasteiger partial charge in [0.2, 0.25) is 0 Å². The molecular formula is C24H29BrN2O2. The van der Waals surface area contributed by atoms with Crippen LogP contribution < -0.4 is 5.73 Å². The lowest BCUT2D eigenvalue weighted by Crippen LogP contribution is -2.47. The van der Waals surface area contributed by atoms with E-state index >= 15 is 0 Å². The molecule has 0 aromatic heterocycles. The predicted molar refractivity (Wildman–Crippen MR) is 120 cm³/mol. The molecule has 2 heterocycles. The maximum Gasteiger partial charge on any atom is 0.280 e. The highest BCUT2D eigenvalue weighted by Crippen LogP contribution is 2.47. The van der Waals surface area contributed by atoms with E-state index in [0.717, 1.165) is 60.1 Å². The van der Waals surface area contributed by atoms with Gasteiger partial charge in [-0.05, 0) is 69.1 Å². The standard InChI is InChI=1S/C24H29BrN2O2/c1-18(10-13-26)27-14-11-20(12-15-27)24(28-16-17-29-24)23-5-3-2-4-22(23)19-6-8-21(25)9-7-19/h2-9,16-18,20H,10-15,26H2,1H3. The van der Waals surface area contributed by atoms with Crippen molar-refractivity contribution in [2.75, 3.05) is 19.6 Å². The lowest BCUT2D eigenvalue weighted by Gasteiger charge is -2.43. The summed E-state index contributed by atoms with van der Waals surface area (Å²) in [5, 5.41) is 0. The van der Waals surface area contributed by atoms with Crippen LogP contribution in [0, 0.1) is 5.92 Å². The fourth-order valence-electron chi connectivity index (χ4n) is 4.64. The van der Waals surface area contributed by atoms with Crippen molar-refractivity contribution in [2.24, 2.45) is 11.7 Å². The first kappa shape index (κ1) is 20.5. The van der Waals surface area contributed by atoms with E-state index in [-0.39, 0.29) is 5.92 Å². The van der Waals surface area contributed by atoms with Crippen molar-refractivity contribution in [1.82, 2.24) is 4.90 Å². The van der Waals surface area contributed by atoms with Crippen molar-refractivity contribution in [1.29, 1.82) is 0 Å². The summed E-state index contributed by atoms with van der Waals surface area (Å²) < 4.78 is 13.6. The topological polar surface area (TPSA) is 47.7 Å². The third kappa shape index (κ3) is 4.09. The van der Waals surface area contributed by atoms with Crippen LogP contribution in [0.3, 0.4) is 0 Å². The number of nitrogens with zero attached hydrogens (tertiary/aromatic N) is 1. The SMILES string of the molecule is CC(CCN)N1CCC(C2(c3ccccc3-c3ccc(Br)cc3)OC=CO2)CC1. The smallest absolute Gasteiger partial charge is 0.280 e. The number of rotatable bonds is 6. The Morgan fingerprint density at radius 1 is 1.07 bits per heavy atom. The Balaban J connectivity index is 1.63. The first-order valence-corrected chi connectivity index (χ1v) is 11.2. The van der Waals surface area contributed by atoms with Gasteiger partial charge in [-0.15, -0.1) is 0 Å². The minimum Gasteiger partial charge on any atom is -0.452 e. The van der Waals surface area contributed by atoms with Crippen LogP contribution in [0.1, 0.15) is 31.7 Å². The van der Waals surface area contributed by atoms with E-state index in [2.05, 4.69) is 76.3 Å². The van der Waals surface area contributed by atoms with E-state index in [1.54, 1.807) is 12.5 Å². The Morgan fingerprint density at radius 2 is 1.72 bits per heavy atom. The number of halogens is 1. The molecule has 2 aromatic rings. The van der Waals surface area contributed by atoms with Gasteiger partial charge in [0.25, 0.3) is 5.79 Å². The summed E-state index contributed by atoms with van der Waals surface area (Å²) in [5.74, 6) is -0.470. The first-order chi connectivity index (χ1) is 14.1. The predicted octanol–water partition coefficient (Wildman–Crippen LogP) is 5.24. The summed E-state index contributed by atoms with van der Waals surface area (Å²) >= 11 is 3.53. The van der Waals surface area contributed by atoms with E-state index < -0.39 is 5.79 Å². The molecule has 2 aliphatic rings. The second-order valence-electron chi connectivity index (χ2n) is 7.96. The Hall–Kier alpha value is -1.82. The molecule has 0 radical (unpaired) electrons. The molecule has 4 nitrogen and oxygen atoms in total. The highest BCUT2D eigenvalue weighted by Gasteiger charge is 2.48. The fourth-order valence-corrected chi connectivity index (χ4v) is 4.90. The van der Waals surface area contributed by atoms with Crippen LogP contribution >= 0.6 is 15.9 Å². The highest BCUT2D eigenvalue weighted by molar-refractivity contribution is 9.10. The lowest BCUT2D eigenvalue weighted by molar-refractivity contribution is -0.201. The summed E-state index contributed by atoms with van der Waals surface area (Å²) in [4.78, 5) is 2.54. The van der Waals surface area contributed by atoms with E-state index in [4.69, 9.17) is 15.2 Å². The van der Waals surface area contributed by atoms with Gasteiger partial charge in [0.1, 0.15) is 12.5 Å². The molecule has 0 spiro atoms.